The second-order valence-corrected chi connectivity index (χ2v) is 6.61. The number of piperazine rings is 1. The highest BCUT2D eigenvalue weighted by atomic mass is 16.5. The molecule has 3 heteroatoms. The molecule has 1 aromatic rings. The predicted octanol–water partition coefficient (Wildman–Crippen LogP) is 3.39. The molecule has 1 heterocycles. The van der Waals surface area contributed by atoms with Crippen LogP contribution in [0.2, 0.25) is 0 Å². The van der Waals surface area contributed by atoms with Gasteiger partial charge in [-0.2, -0.15) is 0 Å². The van der Waals surface area contributed by atoms with Crippen LogP contribution in [0.25, 0.3) is 0 Å². The van der Waals surface area contributed by atoms with Crippen molar-refractivity contribution < 1.29 is 4.74 Å². The maximum Gasteiger partial charge on any atom is 0.120 e. The molecule has 0 bridgehead atoms. The topological polar surface area (TPSA) is 24.5 Å². The van der Waals surface area contributed by atoms with Crippen molar-refractivity contribution in [1.82, 2.24) is 10.2 Å². The van der Waals surface area contributed by atoms with Crippen molar-refractivity contribution in [3.05, 3.63) is 42.5 Å². The van der Waals surface area contributed by atoms with Crippen LogP contribution in [0.5, 0.6) is 5.75 Å². The SMILES string of the molecule is C=CC[C@@H](c1ccc(OC(C)(C)C)cc1)N1CCNCC1. The fourth-order valence-corrected chi connectivity index (χ4v) is 2.76. The zero-order valence-electron chi connectivity index (χ0n) is 13.6. The molecular weight excluding hydrogens is 260 g/mol. The summed E-state index contributed by atoms with van der Waals surface area (Å²) in [5.41, 5.74) is 1.19. The summed E-state index contributed by atoms with van der Waals surface area (Å²) in [6.45, 7) is 14.5. The average molecular weight is 288 g/mol. The summed E-state index contributed by atoms with van der Waals surface area (Å²) in [6.07, 6.45) is 3.01. The molecule has 0 saturated carbocycles. The van der Waals surface area contributed by atoms with Crippen LogP contribution in [0.4, 0.5) is 0 Å². The average Bonchev–Trinajstić information content (AvgIpc) is 2.45. The Labute approximate surface area is 129 Å². The van der Waals surface area contributed by atoms with Crippen molar-refractivity contribution in [2.45, 2.75) is 38.8 Å². The van der Waals surface area contributed by atoms with Gasteiger partial charge in [-0.1, -0.05) is 18.2 Å². The van der Waals surface area contributed by atoms with Crippen LogP contribution in [0.3, 0.4) is 0 Å². The van der Waals surface area contributed by atoms with Gasteiger partial charge in [0.05, 0.1) is 0 Å². The lowest BCUT2D eigenvalue weighted by molar-refractivity contribution is 0.130. The molecule has 0 amide bonds. The minimum Gasteiger partial charge on any atom is -0.488 e. The van der Waals surface area contributed by atoms with E-state index in [4.69, 9.17) is 4.74 Å². The van der Waals surface area contributed by atoms with E-state index in [2.05, 4.69) is 61.8 Å². The molecule has 0 spiro atoms. The van der Waals surface area contributed by atoms with Crippen molar-refractivity contribution in [3.8, 4) is 5.75 Å². The third-order valence-corrected chi connectivity index (χ3v) is 3.67. The lowest BCUT2D eigenvalue weighted by Crippen LogP contribution is -2.45. The zero-order valence-corrected chi connectivity index (χ0v) is 13.6. The van der Waals surface area contributed by atoms with E-state index in [1.54, 1.807) is 0 Å². The Morgan fingerprint density at radius 2 is 1.86 bits per heavy atom. The number of hydrogen-bond acceptors (Lipinski definition) is 3. The highest BCUT2D eigenvalue weighted by Crippen LogP contribution is 2.27. The summed E-state index contributed by atoms with van der Waals surface area (Å²) in [6, 6.07) is 8.97. The molecule has 21 heavy (non-hydrogen) atoms. The van der Waals surface area contributed by atoms with Crippen molar-refractivity contribution in [2.75, 3.05) is 26.2 Å². The van der Waals surface area contributed by atoms with Crippen LogP contribution in [-0.2, 0) is 0 Å². The number of hydrogen-bond donors (Lipinski definition) is 1. The summed E-state index contributed by atoms with van der Waals surface area (Å²) < 4.78 is 5.90. The molecule has 1 aromatic carbocycles. The van der Waals surface area contributed by atoms with Crippen LogP contribution in [0, 0.1) is 0 Å². The molecule has 1 saturated heterocycles. The van der Waals surface area contributed by atoms with E-state index in [-0.39, 0.29) is 5.60 Å². The Kier molecular flexibility index (Phi) is 5.43. The van der Waals surface area contributed by atoms with Crippen molar-refractivity contribution in [3.63, 3.8) is 0 Å². The lowest BCUT2D eigenvalue weighted by atomic mass is 10.0. The molecule has 1 aliphatic rings. The van der Waals surface area contributed by atoms with Gasteiger partial charge in [0.25, 0.3) is 0 Å². The molecule has 3 nitrogen and oxygen atoms in total. The molecule has 0 aliphatic carbocycles. The molecule has 0 aromatic heterocycles. The van der Waals surface area contributed by atoms with Crippen LogP contribution in [0.15, 0.2) is 36.9 Å². The van der Waals surface area contributed by atoms with Gasteiger partial charge >= 0.3 is 0 Å². The molecule has 116 valence electrons. The minimum absolute atomic E-state index is 0.152. The standard InChI is InChI=1S/C18H28N2O/c1-5-6-17(20-13-11-19-12-14-20)15-7-9-16(10-8-15)21-18(2,3)4/h5,7-10,17,19H,1,6,11-14H2,2-4H3/t17-/m0/s1. The van der Waals surface area contributed by atoms with E-state index >= 15 is 0 Å². The largest absolute Gasteiger partial charge is 0.488 e. The first kappa shape index (κ1) is 16.1. The van der Waals surface area contributed by atoms with Crippen LogP contribution >= 0.6 is 0 Å². The van der Waals surface area contributed by atoms with Gasteiger partial charge in [0.15, 0.2) is 0 Å². The highest BCUT2D eigenvalue weighted by molar-refractivity contribution is 5.30. The maximum absolute atomic E-state index is 5.90. The van der Waals surface area contributed by atoms with Crippen molar-refractivity contribution in [2.24, 2.45) is 0 Å². The van der Waals surface area contributed by atoms with Gasteiger partial charge in [-0.05, 0) is 44.9 Å². The Hall–Kier alpha value is -1.32. The minimum atomic E-state index is -0.152. The molecule has 1 fully saturated rings. The Balaban J connectivity index is 2.10. The molecule has 0 unspecified atom stereocenters. The summed E-state index contributed by atoms with van der Waals surface area (Å²) in [7, 11) is 0. The number of rotatable bonds is 5. The maximum atomic E-state index is 5.90. The molecular formula is C18H28N2O. The van der Waals surface area contributed by atoms with Gasteiger partial charge in [-0.15, -0.1) is 6.58 Å². The quantitative estimate of drug-likeness (QED) is 0.841. The second kappa shape index (κ2) is 7.10. The van der Waals surface area contributed by atoms with E-state index in [1.165, 1.54) is 5.56 Å². The number of benzene rings is 1. The zero-order chi connectivity index (χ0) is 15.3. The number of nitrogens with one attached hydrogen (secondary N) is 1. The first-order valence-electron chi connectivity index (χ1n) is 7.84. The Bertz CT molecular complexity index is 441. The monoisotopic (exact) mass is 288 g/mol. The van der Waals surface area contributed by atoms with E-state index in [0.29, 0.717) is 6.04 Å². The third kappa shape index (κ3) is 4.87. The summed E-state index contributed by atoms with van der Waals surface area (Å²) in [5, 5.41) is 3.41. The normalized spacial score (nSPS) is 18.2. The molecule has 2 rings (SSSR count). The van der Waals surface area contributed by atoms with Gasteiger partial charge in [0.2, 0.25) is 0 Å². The first-order valence-corrected chi connectivity index (χ1v) is 7.84. The van der Waals surface area contributed by atoms with Crippen LogP contribution < -0.4 is 10.1 Å². The molecule has 1 atom stereocenters. The second-order valence-electron chi connectivity index (χ2n) is 6.61. The first-order chi connectivity index (χ1) is 9.99. The highest BCUT2D eigenvalue weighted by Gasteiger charge is 2.21. The van der Waals surface area contributed by atoms with Crippen molar-refractivity contribution in [1.29, 1.82) is 0 Å². The molecule has 1 aliphatic heterocycles. The van der Waals surface area contributed by atoms with Crippen LogP contribution in [-0.4, -0.2) is 36.7 Å². The van der Waals surface area contributed by atoms with Gasteiger partial charge in [-0.25, -0.2) is 0 Å². The molecule has 1 N–H and O–H groups in total. The van der Waals surface area contributed by atoms with Gasteiger partial charge < -0.3 is 10.1 Å². The Morgan fingerprint density at radius 3 is 2.38 bits per heavy atom. The van der Waals surface area contributed by atoms with Gasteiger partial charge in [0.1, 0.15) is 11.4 Å². The number of nitrogens with zero attached hydrogens (tertiary/aromatic N) is 1. The van der Waals surface area contributed by atoms with E-state index < -0.39 is 0 Å². The summed E-state index contributed by atoms with van der Waals surface area (Å²) in [5.74, 6) is 0.934. The fraction of sp³-hybridized carbons (Fsp3) is 0.556. The fourth-order valence-electron chi connectivity index (χ4n) is 2.76. The predicted molar refractivity (Wildman–Crippen MR) is 88.8 cm³/mol. The number of ether oxygens (including phenoxy) is 1. The lowest BCUT2D eigenvalue weighted by Gasteiger charge is -2.35. The summed E-state index contributed by atoms with van der Waals surface area (Å²) >= 11 is 0. The van der Waals surface area contributed by atoms with E-state index in [9.17, 15) is 0 Å². The van der Waals surface area contributed by atoms with E-state index in [1.807, 2.05) is 6.08 Å². The van der Waals surface area contributed by atoms with Crippen molar-refractivity contribution >= 4 is 0 Å². The summed E-state index contributed by atoms with van der Waals surface area (Å²) in [4.78, 5) is 2.54. The third-order valence-electron chi connectivity index (χ3n) is 3.67. The molecule has 0 radical (unpaired) electrons. The van der Waals surface area contributed by atoms with Gasteiger partial charge in [0, 0.05) is 32.2 Å². The van der Waals surface area contributed by atoms with E-state index in [0.717, 1.165) is 38.3 Å². The van der Waals surface area contributed by atoms with Crippen LogP contribution in [0.1, 0.15) is 38.8 Å². The van der Waals surface area contributed by atoms with Gasteiger partial charge in [-0.3, -0.25) is 4.90 Å². The smallest absolute Gasteiger partial charge is 0.120 e. The Morgan fingerprint density at radius 1 is 1.24 bits per heavy atom.